The highest BCUT2D eigenvalue weighted by molar-refractivity contribution is 5.69. The van der Waals surface area contributed by atoms with Crippen LogP contribution in [0, 0.1) is 0 Å². The van der Waals surface area contributed by atoms with Gasteiger partial charge in [-0.1, -0.05) is 6.08 Å². The van der Waals surface area contributed by atoms with Gasteiger partial charge in [-0.15, -0.1) is 0 Å². The molecule has 1 heterocycles. The number of halogens is 2. The highest BCUT2D eigenvalue weighted by Gasteiger charge is 2.36. The van der Waals surface area contributed by atoms with Crippen LogP contribution < -0.4 is 0 Å². The Morgan fingerprint density at radius 1 is 1.47 bits per heavy atom. The standard InChI is InChI=1S/C10H15F2NO2/c1-9(2,3)15-8(14)13-6-4-5-10(11,12)7-13/h4,6H,5,7H2,1-3H3. The Balaban J connectivity index is 2.62. The molecule has 0 N–H and O–H groups in total. The normalized spacial score (nSPS) is 20.2. The van der Waals surface area contributed by atoms with Gasteiger partial charge in [0.1, 0.15) is 5.60 Å². The van der Waals surface area contributed by atoms with Gasteiger partial charge in [0.05, 0.1) is 6.54 Å². The van der Waals surface area contributed by atoms with Gasteiger partial charge in [0.2, 0.25) is 0 Å². The van der Waals surface area contributed by atoms with E-state index in [1.807, 2.05) is 0 Å². The topological polar surface area (TPSA) is 29.5 Å². The van der Waals surface area contributed by atoms with Crippen molar-refractivity contribution in [2.24, 2.45) is 0 Å². The summed E-state index contributed by atoms with van der Waals surface area (Å²) in [6, 6.07) is 0. The van der Waals surface area contributed by atoms with E-state index >= 15 is 0 Å². The lowest BCUT2D eigenvalue weighted by atomic mass is 10.1. The van der Waals surface area contributed by atoms with E-state index in [-0.39, 0.29) is 6.42 Å². The van der Waals surface area contributed by atoms with Gasteiger partial charge < -0.3 is 4.74 Å². The van der Waals surface area contributed by atoms with Crippen molar-refractivity contribution >= 4 is 6.09 Å². The van der Waals surface area contributed by atoms with Gasteiger partial charge in [0.25, 0.3) is 5.92 Å². The first-order valence-electron chi connectivity index (χ1n) is 4.74. The molecular formula is C10H15F2NO2. The van der Waals surface area contributed by atoms with Crippen LogP contribution in [0.1, 0.15) is 27.2 Å². The number of nitrogens with zero attached hydrogens (tertiary/aromatic N) is 1. The summed E-state index contributed by atoms with van der Waals surface area (Å²) in [6.07, 6.45) is 1.55. The third-order valence-electron chi connectivity index (χ3n) is 1.73. The largest absolute Gasteiger partial charge is 0.443 e. The molecule has 1 aliphatic heterocycles. The van der Waals surface area contributed by atoms with E-state index < -0.39 is 24.2 Å². The fraction of sp³-hybridized carbons (Fsp3) is 0.700. The molecule has 0 aromatic carbocycles. The van der Waals surface area contributed by atoms with Crippen LogP contribution in [0.4, 0.5) is 13.6 Å². The van der Waals surface area contributed by atoms with Crippen LogP contribution in [0.3, 0.4) is 0 Å². The number of ether oxygens (including phenoxy) is 1. The fourth-order valence-corrected chi connectivity index (χ4v) is 1.16. The van der Waals surface area contributed by atoms with Gasteiger partial charge in [0.15, 0.2) is 0 Å². The number of allylic oxidation sites excluding steroid dienone is 1. The van der Waals surface area contributed by atoms with E-state index in [4.69, 9.17) is 4.74 Å². The van der Waals surface area contributed by atoms with E-state index in [9.17, 15) is 13.6 Å². The molecule has 0 spiro atoms. The third-order valence-corrected chi connectivity index (χ3v) is 1.73. The lowest BCUT2D eigenvalue weighted by Crippen LogP contribution is -2.42. The van der Waals surface area contributed by atoms with E-state index in [1.165, 1.54) is 12.3 Å². The molecule has 0 fully saturated rings. The second-order valence-electron chi connectivity index (χ2n) is 4.55. The summed E-state index contributed by atoms with van der Waals surface area (Å²) in [5.74, 6) is -2.86. The Labute approximate surface area is 87.7 Å². The van der Waals surface area contributed by atoms with Crippen molar-refractivity contribution in [2.75, 3.05) is 6.54 Å². The summed E-state index contributed by atoms with van der Waals surface area (Å²) in [6.45, 7) is 4.46. The number of rotatable bonds is 0. The van der Waals surface area contributed by atoms with Crippen molar-refractivity contribution < 1.29 is 18.3 Å². The highest BCUT2D eigenvalue weighted by Crippen LogP contribution is 2.25. The highest BCUT2D eigenvalue weighted by atomic mass is 19.3. The maximum atomic E-state index is 12.9. The Morgan fingerprint density at radius 2 is 2.07 bits per heavy atom. The number of carbonyl (C=O) groups excluding carboxylic acids is 1. The number of hydrogen-bond acceptors (Lipinski definition) is 2. The van der Waals surface area contributed by atoms with Gasteiger partial charge in [0, 0.05) is 12.6 Å². The Bertz CT molecular complexity index is 282. The quantitative estimate of drug-likeness (QED) is 0.627. The fourth-order valence-electron chi connectivity index (χ4n) is 1.16. The lowest BCUT2D eigenvalue weighted by Gasteiger charge is -2.30. The molecule has 0 aliphatic carbocycles. The average molecular weight is 219 g/mol. The molecule has 0 unspecified atom stereocenters. The maximum absolute atomic E-state index is 12.9. The van der Waals surface area contributed by atoms with Crippen molar-refractivity contribution in [2.45, 2.75) is 38.7 Å². The van der Waals surface area contributed by atoms with Crippen LogP contribution in [-0.4, -0.2) is 29.1 Å². The summed E-state index contributed by atoms with van der Waals surface area (Å²) in [7, 11) is 0. The molecular weight excluding hydrogens is 204 g/mol. The number of carbonyl (C=O) groups is 1. The summed E-state index contributed by atoms with van der Waals surface area (Å²) in [4.78, 5) is 12.3. The van der Waals surface area contributed by atoms with Crippen molar-refractivity contribution in [1.29, 1.82) is 0 Å². The Hall–Kier alpha value is -1.13. The smallest absolute Gasteiger partial charge is 0.414 e. The first-order valence-corrected chi connectivity index (χ1v) is 4.74. The van der Waals surface area contributed by atoms with Gasteiger partial charge in [-0.3, -0.25) is 4.90 Å². The number of amides is 1. The van der Waals surface area contributed by atoms with Crippen molar-refractivity contribution in [1.82, 2.24) is 4.90 Å². The minimum atomic E-state index is -2.86. The second kappa shape index (κ2) is 3.79. The minimum absolute atomic E-state index is 0.327. The van der Waals surface area contributed by atoms with Crippen LogP contribution in [-0.2, 0) is 4.74 Å². The van der Waals surface area contributed by atoms with Gasteiger partial charge in [-0.25, -0.2) is 13.6 Å². The molecule has 1 rings (SSSR count). The molecule has 0 atom stereocenters. The minimum Gasteiger partial charge on any atom is -0.443 e. The van der Waals surface area contributed by atoms with Crippen molar-refractivity contribution in [3.8, 4) is 0 Å². The predicted molar refractivity (Wildman–Crippen MR) is 51.6 cm³/mol. The van der Waals surface area contributed by atoms with Gasteiger partial charge in [-0.05, 0) is 20.8 Å². The molecule has 5 heteroatoms. The van der Waals surface area contributed by atoms with Crippen molar-refractivity contribution in [3.05, 3.63) is 12.3 Å². The third kappa shape index (κ3) is 3.85. The second-order valence-corrected chi connectivity index (χ2v) is 4.55. The zero-order valence-corrected chi connectivity index (χ0v) is 9.09. The predicted octanol–water partition coefficient (Wildman–Crippen LogP) is 2.78. The Morgan fingerprint density at radius 3 is 2.53 bits per heavy atom. The molecule has 3 nitrogen and oxygen atoms in total. The van der Waals surface area contributed by atoms with E-state index in [2.05, 4.69) is 0 Å². The summed E-state index contributed by atoms with van der Waals surface area (Å²) in [5.41, 5.74) is -0.669. The first-order chi connectivity index (χ1) is 6.70. The van der Waals surface area contributed by atoms with Crippen LogP contribution in [0.25, 0.3) is 0 Å². The Kier molecular flexibility index (Phi) is 3.02. The summed E-state index contributed by atoms with van der Waals surface area (Å²) in [5, 5.41) is 0. The molecule has 0 saturated carbocycles. The van der Waals surface area contributed by atoms with Crippen LogP contribution in [0.2, 0.25) is 0 Å². The molecule has 0 saturated heterocycles. The van der Waals surface area contributed by atoms with E-state index in [1.54, 1.807) is 20.8 Å². The number of hydrogen-bond donors (Lipinski definition) is 0. The van der Waals surface area contributed by atoms with Gasteiger partial charge in [-0.2, -0.15) is 0 Å². The van der Waals surface area contributed by atoms with E-state index in [0.717, 1.165) is 4.90 Å². The molecule has 0 aromatic heterocycles. The van der Waals surface area contributed by atoms with E-state index in [0.29, 0.717) is 0 Å². The number of alkyl halides is 2. The maximum Gasteiger partial charge on any atom is 0.414 e. The SMILES string of the molecule is CC(C)(C)OC(=O)N1C=CCC(F)(F)C1. The zero-order valence-electron chi connectivity index (χ0n) is 9.09. The lowest BCUT2D eigenvalue weighted by molar-refractivity contribution is -0.0361. The first kappa shape index (κ1) is 11.9. The molecule has 86 valence electrons. The average Bonchev–Trinajstić information content (AvgIpc) is 1.99. The molecule has 0 bridgehead atoms. The molecule has 1 amide bonds. The monoisotopic (exact) mass is 219 g/mol. The molecule has 0 radical (unpaired) electrons. The molecule has 1 aliphatic rings. The van der Waals surface area contributed by atoms with Crippen LogP contribution >= 0.6 is 0 Å². The summed E-state index contributed by atoms with van der Waals surface area (Å²) >= 11 is 0. The molecule has 0 aromatic rings. The van der Waals surface area contributed by atoms with Gasteiger partial charge >= 0.3 is 6.09 Å². The summed E-state index contributed by atoms with van der Waals surface area (Å²) < 4.78 is 30.9. The zero-order chi connectivity index (χ0) is 11.7. The molecule has 15 heavy (non-hydrogen) atoms. The van der Waals surface area contributed by atoms with Crippen molar-refractivity contribution in [3.63, 3.8) is 0 Å². The van der Waals surface area contributed by atoms with Crippen LogP contribution in [0.5, 0.6) is 0 Å². The van der Waals surface area contributed by atoms with Crippen LogP contribution in [0.15, 0.2) is 12.3 Å².